The SMILES string of the molecule is Cc1c2ccn(CCCCCCCCn3ccc4c(C)c5nc6ccccc6c5c(C)c4c3)cc2c(C)c2c1nc1ccccc12. The number of nitrogens with zero attached hydrogens (tertiary/aromatic N) is 4. The highest BCUT2D eigenvalue weighted by molar-refractivity contribution is 6.17. The summed E-state index contributed by atoms with van der Waals surface area (Å²) in [6, 6.07) is 21.7. The molecule has 4 aromatic carbocycles. The largest absolute Gasteiger partial charge is 0.354 e. The second kappa shape index (κ2) is 11.6. The van der Waals surface area contributed by atoms with Gasteiger partial charge in [0, 0.05) is 70.2 Å². The fraction of sp³-hybridized carbons (Fsp3) is 0.286. The Kier molecular flexibility index (Phi) is 7.24. The third-order valence-electron chi connectivity index (χ3n) is 10.5. The van der Waals surface area contributed by atoms with E-state index in [1.165, 1.54) is 104 Å². The third-order valence-corrected chi connectivity index (χ3v) is 10.5. The van der Waals surface area contributed by atoms with Gasteiger partial charge in [-0.15, -0.1) is 0 Å². The molecule has 0 bridgehead atoms. The molecule has 0 saturated carbocycles. The van der Waals surface area contributed by atoms with Gasteiger partial charge in [0.15, 0.2) is 0 Å². The second-order valence-corrected chi connectivity index (χ2v) is 13.3. The van der Waals surface area contributed by atoms with E-state index in [-0.39, 0.29) is 0 Å². The number of aromatic nitrogens is 4. The number of hydrogen-bond donors (Lipinski definition) is 0. The van der Waals surface area contributed by atoms with Crippen LogP contribution in [0.15, 0.2) is 85.5 Å². The summed E-state index contributed by atoms with van der Waals surface area (Å²) in [4.78, 5) is 9.96. The van der Waals surface area contributed by atoms with E-state index >= 15 is 0 Å². The van der Waals surface area contributed by atoms with Crippen LogP contribution in [-0.2, 0) is 13.1 Å². The standard InChI is InChI=1S/C42H42N4/c1-27-35-25-45(23-19-31(35)29(3)41-39(27)33-15-9-11-17-37(33)43-41)21-13-7-5-6-8-14-22-46-24-20-32-30(4)42-40(28(2)36(32)26-46)34-16-10-12-18-38(34)44-42/h9-12,15-20,23-26H,5-8,13-14,21-22H2,1-4H3. The van der Waals surface area contributed by atoms with Gasteiger partial charge in [-0.05, 0) is 97.8 Å². The number of para-hydroxylation sites is 2. The first-order valence-electron chi connectivity index (χ1n) is 17.0. The van der Waals surface area contributed by atoms with Crippen molar-refractivity contribution in [2.24, 2.45) is 0 Å². The summed E-state index contributed by atoms with van der Waals surface area (Å²) < 4.78 is 4.78. The quantitative estimate of drug-likeness (QED) is 0.154. The Balaban J connectivity index is 0.872. The van der Waals surface area contributed by atoms with Gasteiger partial charge in [-0.1, -0.05) is 62.1 Å². The van der Waals surface area contributed by atoms with Gasteiger partial charge in [0.25, 0.3) is 0 Å². The van der Waals surface area contributed by atoms with E-state index in [1.54, 1.807) is 0 Å². The molecule has 4 heteroatoms. The number of unbranched alkanes of at least 4 members (excludes halogenated alkanes) is 5. The molecule has 0 fully saturated rings. The van der Waals surface area contributed by atoms with Crippen LogP contribution in [0.3, 0.4) is 0 Å². The van der Waals surface area contributed by atoms with E-state index in [9.17, 15) is 0 Å². The van der Waals surface area contributed by atoms with Crippen LogP contribution >= 0.6 is 0 Å². The van der Waals surface area contributed by atoms with Crippen molar-refractivity contribution < 1.29 is 0 Å². The molecule has 0 saturated heterocycles. The van der Waals surface area contributed by atoms with Crippen molar-refractivity contribution >= 4 is 65.2 Å². The predicted octanol–water partition coefficient (Wildman–Crippen LogP) is 11.3. The van der Waals surface area contributed by atoms with E-state index < -0.39 is 0 Å². The molecule has 8 aromatic rings. The normalized spacial score (nSPS) is 12.2. The highest BCUT2D eigenvalue weighted by atomic mass is 14.9. The number of pyridine rings is 2. The zero-order chi connectivity index (χ0) is 31.4. The fourth-order valence-electron chi connectivity index (χ4n) is 7.90. The molecule has 0 aliphatic carbocycles. The van der Waals surface area contributed by atoms with Crippen LogP contribution in [-0.4, -0.2) is 19.1 Å². The lowest BCUT2D eigenvalue weighted by Gasteiger charge is -2.13. The lowest BCUT2D eigenvalue weighted by atomic mass is 9.97. The van der Waals surface area contributed by atoms with Crippen molar-refractivity contribution in [2.45, 2.75) is 79.3 Å². The number of aryl methyl sites for hydroxylation is 6. The van der Waals surface area contributed by atoms with Crippen molar-refractivity contribution in [1.29, 1.82) is 0 Å². The Morgan fingerprint density at radius 1 is 0.435 bits per heavy atom. The predicted molar refractivity (Wildman–Crippen MR) is 196 cm³/mol. The van der Waals surface area contributed by atoms with Crippen LogP contribution < -0.4 is 0 Å². The molecule has 0 aliphatic rings. The minimum atomic E-state index is 1.07. The summed E-state index contributed by atoms with van der Waals surface area (Å²) in [6.07, 6.45) is 16.8. The maximum atomic E-state index is 4.98. The van der Waals surface area contributed by atoms with Crippen LogP contribution in [0.1, 0.15) is 60.8 Å². The Labute approximate surface area is 270 Å². The second-order valence-electron chi connectivity index (χ2n) is 13.3. The first-order chi connectivity index (χ1) is 22.5. The Hall–Kier alpha value is -4.70. The van der Waals surface area contributed by atoms with Crippen molar-refractivity contribution in [3.63, 3.8) is 0 Å². The van der Waals surface area contributed by atoms with E-state index in [1.807, 2.05) is 0 Å². The molecule has 0 aliphatic heterocycles. The Bertz CT molecular complexity index is 2250. The molecule has 4 aromatic heterocycles. The third kappa shape index (κ3) is 4.74. The van der Waals surface area contributed by atoms with Crippen molar-refractivity contribution in [3.05, 3.63) is 108 Å². The van der Waals surface area contributed by atoms with Gasteiger partial charge in [-0.2, -0.15) is 0 Å². The van der Waals surface area contributed by atoms with Gasteiger partial charge in [-0.25, -0.2) is 9.97 Å². The smallest absolute Gasteiger partial charge is 0.0754 e. The van der Waals surface area contributed by atoms with Crippen LogP contribution in [0.4, 0.5) is 0 Å². The highest BCUT2D eigenvalue weighted by Gasteiger charge is 2.16. The summed E-state index contributed by atoms with van der Waals surface area (Å²) in [5.41, 5.74) is 9.76. The van der Waals surface area contributed by atoms with Crippen molar-refractivity contribution in [1.82, 2.24) is 19.1 Å². The van der Waals surface area contributed by atoms with E-state index in [4.69, 9.17) is 9.97 Å². The monoisotopic (exact) mass is 602 g/mol. The maximum absolute atomic E-state index is 4.98. The van der Waals surface area contributed by atoms with E-state index in [2.05, 4.69) is 122 Å². The molecule has 0 atom stereocenters. The summed E-state index contributed by atoms with van der Waals surface area (Å²) >= 11 is 0. The molecule has 0 amide bonds. The average molecular weight is 603 g/mol. The van der Waals surface area contributed by atoms with Gasteiger partial charge >= 0.3 is 0 Å². The van der Waals surface area contributed by atoms with Gasteiger partial charge in [0.05, 0.1) is 22.1 Å². The fourth-order valence-corrected chi connectivity index (χ4v) is 7.90. The summed E-state index contributed by atoms with van der Waals surface area (Å²) in [7, 11) is 0. The number of benzene rings is 4. The Morgan fingerprint density at radius 3 is 1.30 bits per heavy atom. The number of fused-ring (bicyclic) bond motifs is 8. The Morgan fingerprint density at radius 2 is 0.848 bits per heavy atom. The summed E-state index contributed by atoms with van der Waals surface area (Å²) in [5, 5.41) is 10.5. The first kappa shape index (κ1) is 28.8. The van der Waals surface area contributed by atoms with Gasteiger partial charge < -0.3 is 9.13 Å². The molecule has 0 radical (unpaired) electrons. The molecule has 46 heavy (non-hydrogen) atoms. The van der Waals surface area contributed by atoms with E-state index in [0.717, 1.165) is 35.2 Å². The molecule has 0 spiro atoms. The molecular formula is C42H42N4. The minimum Gasteiger partial charge on any atom is -0.354 e. The van der Waals surface area contributed by atoms with Crippen molar-refractivity contribution in [3.8, 4) is 0 Å². The molecule has 4 nitrogen and oxygen atoms in total. The van der Waals surface area contributed by atoms with Crippen LogP contribution in [0.5, 0.6) is 0 Å². The van der Waals surface area contributed by atoms with E-state index in [0.29, 0.717) is 0 Å². The molecule has 4 heterocycles. The lowest BCUT2D eigenvalue weighted by molar-refractivity contribution is 0.531. The maximum Gasteiger partial charge on any atom is 0.0754 e. The zero-order valence-corrected chi connectivity index (χ0v) is 27.5. The minimum absolute atomic E-state index is 1.07. The highest BCUT2D eigenvalue weighted by Crippen LogP contribution is 2.37. The molecule has 8 rings (SSSR count). The average Bonchev–Trinajstić information content (AvgIpc) is 3.67. The van der Waals surface area contributed by atoms with Crippen LogP contribution in [0.2, 0.25) is 0 Å². The summed E-state index contributed by atoms with van der Waals surface area (Å²) in [5.74, 6) is 0. The van der Waals surface area contributed by atoms with Gasteiger partial charge in [0.2, 0.25) is 0 Å². The van der Waals surface area contributed by atoms with Crippen LogP contribution in [0.25, 0.3) is 65.2 Å². The molecular weight excluding hydrogens is 560 g/mol. The zero-order valence-electron chi connectivity index (χ0n) is 27.5. The lowest BCUT2D eigenvalue weighted by Crippen LogP contribution is -2.00. The van der Waals surface area contributed by atoms with Crippen molar-refractivity contribution in [2.75, 3.05) is 0 Å². The van der Waals surface area contributed by atoms with Gasteiger partial charge in [0.1, 0.15) is 0 Å². The summed E-state index contributed by atoms with van der Waals surface area (Å²) in [6.45, 7) is 11.1. The van der Waals surface area contributed by atoms with Gasteiger partial charge in [-0.3, -0.25) is 0 Å². The molecule has 0 N–H and O–H groups in total. The van der Waals surface area contributed by atoms with Crippen LogP contribution in [0, 0.1) is 27.7 Å². The molecule has 0 unspecified atom stereocenters. The first-order valence-corrected chi connectivity index (χ1v) is 17.0. The number of hydrogen-bond acceptors (Lipinski definition) is 2. The molecule has 230 valence electrons. The topological polar surface area (TPSA) is 35.6 Å². The number of rotatable bonds is 9.